The fraction of sp³-hybridized carbons (Fsp3) is 0.455. The Kier molecular flexibility index (Phi) is 3.91. The zero-order chi connectivity index (χ0) is 17.7. The first kappa shape index (κ1) is 16.2. The lowest BCUT2D eigenvalue weighted by Gasteiger charge is -2.24. The quantitative estimate of drug-likeness (QED) is 0.588. The van der Waals surface area contributed by atoms with Crippen LogP contribution in [0.2, 0.25) is 0 Å². The van der Waals surface area contributed by atoms with E-state index in [1.165, 1.54) is 27.6 Å². The normalized spacial score (nSPS) is 23.0. The molecule has 0 amide bonds. The van der Waals surface area contributed by atoms with E-state index in [1.807, 2.05) is 0 Å². The van der Waals surface area contributed by atoms with E-state index in [0.717, 1.165) is 42.9 Å². The zero-order valence-electron chi connectivity index (χ0n) is 15.3. The van der Waals surface area contributed by atoms with E-state index >= 15 is 0 Å². The summed E-state index contributed by atoms with van der Waals surface area (Å²) in [5.74, 6) is 2.03. The second kappa shape index (κ2) is 6.29. The van der Waals surface area contributed by atoms with Crippen LogP contribution in [0.3, 0.4) is 0 Å². The number of allylic oxidation sites excluding steroid dienone is 2. The molecule has 2 aromatic rings. The van der Waals surface area contributed by atoms with Crippen LogP contribution >= 0.6 is 0 Å². The Hall–Kier alpha value is -2.04. The van der Waals surface area contributed by atoms with Gasteiger partial charge in [-0.15, -0.1) is 0 Å². The smallest absolute Gasteiger partial charge is 0.131 e. The van der Waals surface area contributed by atoms with Gasteiger partial charge in [0, 0.05) is 21.9 Å². The molecule has 4 nitrogen and oxygen atoms in total. The van der Waals surface area contributed by atoms with Crippen LogP contribution in [0.1, 0.15) is 22.3 Å². The Balaban J connectivity index is 1.69. The third-order valence-electron chi connectivity index (χ3n) is 5.31. The Morgan fingerprint density at radius 3 is 2.08 bits per heavy atom. The topological polar surface area (TPSA) is 43.5 Å². The highest BCUT2D eigenvalue weighted by molar-refractivity contribution is 5.99. The number of epoxide rings is 2. The number of benzene rings is 2. The van der Waals surface area contributed by atoms with E-state index in [1.54, 1.807) is 0 Å². The van der Waals surface area contributed by atoms with Crippen molar-refractivity contribution in [3.05, 3.63) is 46.5 Å². The minimum absolute atomic E-state index is 0.244. The van der Waals surface area contributed by atoms with Crippen molar-refractivity contribution in [3.8, 4) is 11.5 Å². The molecule has 4 heteroatoms. The molecule has 0 saturated carbocycles. The van der Waals surface area contributed by atoms with Gasteiger partial charge in [0.25, 0.3) is 0 Å². The maximum atomic E-state index is 6.32. The molecule has 2 fully saturated rings. The Morgan fingerprint density at radius 1 is 0.885 bits per heavy atom. The van der Waals surface area contributed by atoms with Crippen molar-refractivity contribution in [2.75, 3.05) is 26.4 Å². The molecule has 1 aliphatic carbocycles. The summed E-state index contributed by atoms with van der Waals surface area (Å²) in [6.45, 7) is 7.15. The Bertz CT molecular complexity index is 891. The predicted octanol–water partition coefficient (Wildman–Crippen LogP) is 3.67. The summed E-state index contributed by atoms with van der Waals surface area (Å²) in [5.41, 5.74) is 5.00. The third kappa shape index (κ3) is 2.97. The molecular formula is C22H24O4. The average Bonchev–Trinajstić information content (AvgIpc) is 3.52. The predicted molar refractivity (Wildman–Crippen MR) is 100 cm³/mol. The number of ether oxygens (including phenoxy) is 4. The molecule has 2 atom stereocenters. The van der Waals surface area contributed by atoms with Crippen LogP contribution in [0.25, 0.3) is 10.8 Å². The minimum atomic E-state index is 0.244. The maximum absolute atomic E-state index is 6.32. The van der Waals surface area contributed by atoms with Crippen LogP contribution in [0.5, 0.6) is 11.5 Å². The number of hydrogen-bond donors (Lipinski definition) is 0. The van der Waals surface area contributed by atoms with Gasteiger partial charge in [0.15, 0.2) is 0 Å². The van der Waals surface area contributed by atoms with Crippen LogP contribution in [-0.4, -0.2) is 38.6 Å². The van der Waals surface area contributed by atoms with Gasteiger partial charge in [0.1, 0.15) is 36.9 Å². The monoisotopic (exact) mass is 352 g/mol. The summed E-state index contributed by atoms with van der Waals surface area (Å²) in [6.07, 6.45) is 6.71. The molecule has 2 saturated heterocycles. The van der Waals surface area contributed by atoms with Crippen molar-refractivity contribution in [3.63, 3.8) is 0 Å². The highest BCUT2D eigenvalue weighted by atomic mass is 16.6. The molecule has 0 aromatic heterocycles. The molecule has 2 aliphatic heterocycles. The van der Waals surface area contributed by atoms with Gasteiger partial charge in [-0.05, 0) is 38.3 Å². The Morgan fingerprint density at radius 2 is 1.46 bits per heavy atom. The molecule has 2 aromatic carbocycles. The molecule has 0 N–H and O–H groups in total. The molecule has 2 unspecified atom stereocenters. The van der Waals surface area contributed by atoms with E-state index in [0.29, 0.717) is 13.2 Å². The lowest BCUT2D eigenvalue weighted by molar-refractivity contribution is 0.258. The maximum Gasteiger partial charge on any atom is 0.131 e. The first-order valence-electron chi connectivity index (χ1n) is 9.43. The summed E-state index contributed by atoms with van der Waals surface area (Å²) in [5, 5.41) is 2.33. The van der Waals surface area contributed by atoms with Gasteiger partial charge in [-0.3, -0.25) is 0 Å². The molecule has 3 aliphatic rings. The van der Waals surface area contributed by atoms with E-state index in [-0.39, 0.29) is 12.2 Å². The largest absolute Gasteiger partial charge is 0.490 e. The second-order valence-corrected chi connectivity index (χ2v) is 7.53. The second-order valence-electron chi connectivity index (χ2n) is 7.53. The third-order valence-corrected chi connectivity index (χ3v) is 5.31. The lowest BCUT2D eigenvalue weighted by Crippen LogP contribution is -2.13. The number of aryl methyl sites for hydroxylation is 2. The van der Waals surface area contributed by atoms with Gasteiger partial charge in [-0.25, -0.2) is 0 Å². The highest BCUT2D eigenvalue weighted by Gasteiger charge is 2.29. The minimum Gasteiger partial charge on any atom is -0.490 e. The van der Waals surface area contributed by atoms with Crippen molar-refractivity contribution in [1.82, 2.24) is 0 Å². The molecule has 26 heavy (non-hydrogen) atoms. The van der Waals surface area contributed by atoms with Gasteiger partial charge >= 0.3 is 0 Å². The van der Waals surface area contributed by atoms with Gasteiger partial charge in [0.05, 0.1) is 13.2 Å². The van der Waals surface area contributed by atoms with Crippen molar-refractivity contribution in [2.24, 2.45) is 0 Å². The van der Waals surface area contributed by atoms with E-state index in [4.69, 9.17) is 18.9 Å². The Labute approximate surface area is 153 Å². The number of hydrogen-bond acceptors (Lipinski definition) is 4. The summed E-state index contributed by atoms with van der Waals surface area (Å²) in [4.78, 5) is 0. The van der Waals surface area contributed by atoms with Gasteiger partial charge in [-0.2, -0.15) is 0 Å². The zero-order valence-corrected chi connectivity index (χ0v) is 15.3. The van der Waals surface area contributed by atoms with Crippen LogP contribution in [-0.2, 0) is 22.3 Å². The average molecular weight is 352 g/mol. The lowest BCUT2D eigenvalue weighted by atomic mass is 9.88. The van der Waals surface area contributed by atoms with Crippen LogP contribution in [0.15, 0.2) is 24.3 Å². The van der Waals surface area contributed by atoms with E-state index < -0.39 is 0 Å². The van der Waals surface area contributed by atoms with Gasteiger partial charge in [0.2, 0.25) is 0 Å². The molecule has 2 heterocycles. The number of fused-ring (bicyclic) bond motifs is 2. The fourth-order valence-electron chi connectivity index (χ4n) is 3.88. The molecule has 0 spiro atoms. The number of rotatable bonds is 6. The summed E-state index contributed by atoms with van der Waals surface area (Å²) in [7, 11) is 0. The molecule has 0 bridgehead atoms. The van der Waals surface area contributed by atoms with Crippen molar-refractivity contribution < 1.29 is 18.9 Å². The molecular weight excluding hydrogens is 328 g/mol. The fourth-order valence-corrected chi connectivity index (χ4v) is 3.88. The highest BCUT2D eigenvalue weighted by Crippen LogP contribution is 2.45. The van der Waals surface area contributed by atoms with Gasteiger partial charge in [-0.1, -0.05) is 23.8 Å². The molecule has 5 rings (SSSR count). The molecule has 0 radical (unpaired) electrons. The summed E-state index contributed by atoms with van der Waals surface area (Å²) < 4.78 is 23.3. The summed E-state index contributed by atoms with van der Waals surface area (Å²) >= 11 is 0. The van der Waals surface area contributed by atoms with Crippen LogP contribution in [0, 0.1) is 13.8 Å². The summed E-state index contributed by atoms with van der Waals surface area (Å²) in [6, 6.07) is 4.45. The SMILES string of the molecule is Cc1cc(C)c2c(OCC3CO3)c3c(c(OCC4CO4)c2c1)CC=CC3. The van der Waals surface area contributed by atoms with Crippen molar-refractivity contribution in [1.29, 1.82) is 0 Å². The van der Waals surface area contributed by atoms with Crippen molar-refractivity contribution in [2.45, 2.75) is 38.9 Å². The van der Waals surface area contributed by atoms with Gasteiger partial charge < -0.3 is 18.9 Å². The standard InChI is InChI=1S/C22H24O4/c1-13-7-14(2)20-19(8-13)21(25-11-15-9-23-15)17-5-3-4-6-18(17)22(20)26-12-16-10-24-16/h3-4,7-8,15-16H,5-6,9-12H2,1-2H3. The first-order valence-corrected chi connectivity index (χ1v) is 9.43. The van der Waals surface area contributed by atoms with E-state index in [9.17, 15) is 0 Å². The van der Waals surface area contributed by atoms with Crippen LogP contribution in [0.4, 0.5) is 0 Å². The van der Waals surface area contributed by atoms with Crippen molar-refractivity contribution >= 4 is 10.8 Å². The molecule has 136 valence electrons. The first-order chi connectivity index (χ1) is 12.7. The van der Waals surface area contributed by atoms with Crippen LogP contribution < -0.4 is 9.47 Å². The van der Waals surface area contributed by atoms with E-state index in [2.05, 4.69) is 38.1 Å².